The summed E-state index contributed by atoms with van der Waals surface area (Å²) in [7, 11) is 5.18. The van der Waals surface area contributed by atoms with Gasteiger partial charge in [0.05, 0.1) is 6.04 Å². The highest BCUT2D eigenvalue weighted by Gasteiger charge is 2.40. The van der Waals surface area contributed by atoms with Crippen LogP contribution in [0.25, 0.3) is 0 Å². The molecule has 6 atom stereocenters. The van der Waals surface area contributed by atoms with Crippen molar-refractivity contribution in [3.63, 3.8) is 0 Å². The topological polar surface area (TPSA) is 177 Å². The first-order chi connectivity index (χ1) is 27.9. The predicted octanol–water partition coefficient (Wildman–Crippen LogP) is 2.80. The lowest BCUT2D eigenvalue weighted by molar-refractivity contribution is -0.145. The molecule has 2 aliphatic rings. The maximum atomic E-state index is 14.1. The highest BCUT2D eigenvalue weighted by atomic mass is 16.2. The molecule has 318 valence electrons. The molecule has 0 unspecified atom stereocenters. The Morgan fingerprint density at radius 1 is 0.672 bits per heavy atom. The average molecular weight is 803 g/mol. The molecule has 2 aromatic rings. The number of hydrogen-bond donors (Lipinski definition) is 4. The van der Waals surface area contributed by atoms with Gasteiger partial charge in [-0.1, -0.05) is 93.3 Å². The zero-order valence-corrected chi connectivity index (χ0v) is 35.2. The van der Waals surface area contributed by atoms with Gasteiger partial charge in [-0.2, -0.15) is 0 Å². The van der Waals surface area contributed by atoms with Gasteiger partial charge in [0.15, 0.2) is 0 Å². The van der Waals surface area contributed by atoms with Crippen LogP contribution in [0.4, 0.5) is 0 Å². The Bertz CT molecular complexity index is 1540. The summed E-state index contributed by atoms with van der Waals surface area (Å²) in [4.78, 5) is 88.0. The zero-order chi connectivity index (χ0) is 42.2. The van der Waals surface area contributed by atoms with E-state index in [-0.39, 0.29) is 42.0 Å². The molecule has 0 spiro atoms. The van der Waals surface area contributed by atoms with Crippen molar-refractivity contribution in [2.24, 2.45) is 11.7 Å². The molecule has 2 aromatic carbocycles. The van der Waals surface area contributed by atoms with Crippen LogP contribution in [0.2, 0.25) is 0 Å². The van der Waals surface area contributed by atoms with Crippen molar-refractivity contribution >= 4 is 35.4 Å². The molecule has 14 heteroatoms. The molecule has 2 fully saturated rings. The summed E-state index contributed by atoms with van der Waals surface area (Å²) in [5.74, 6) is -1.85. The van der Waals surface area contributed by atoms with E-state index in [0.29, 0.717) is 90.4 Å². The van der Waals surface area contributed by atoms with Crippen LogP contribution in [0.3, 0.4) is 0 Å². The number of likely N-dealkylation sites (tertiary alicyclic amines) is 2. The highest BCUT2D eigenvalue weighted by Crippen LogP contribution is 2.24. The maximum absolute atomic E-state index is 14.1. The van der Waals surface area contributed by atoms with Gasteiger partial charge in [0, 0.05) is 52.7 Å². The minimum Gasteiger partial charge on any atom is -0.344 e. The number of rotatable bonds is 21. The standard InChI is InChI=1S/C44H66N8O6/c1-31(28-45)39(53)47-35(41(55)51-26-16-24-37(51)43(57)49(4)29-33-18-10-8-11-19-33)22-14-6-7-15-23-36(48-40(54)32(2)46-3)42(56)52-27-17-25-38(52)44(58)50(5)30-34-20-12-9-13-21-34/h8-13,18-21,31-32,35-38,46H,6-7,14-17,22-30,45H2,1-5H3,(H,47,53)(H,48,54)/t31-,32+,35+,36+,37+,38+/m1/s1. The van der Waals surface area contributed by atoms with Crippen molar-refractivity contribution in [2.45, 2.75) is 121 Å². The summed E-state index contributed by atoms with van der Waals surface area (Å²) in [6.45, 7) is 5.33. The molecule has 4 rings (SSSR count). The van der Waals surface area contributed by atoms with Gasteiger partial charge in [-0.3, -0.25) is 28.8 Å². The van der Waals surface area contributed by atoms with Gasteiger partial charge in [-0.25, -0.2) is 0 Å². The van der Waals surface area contributed by atoms with Gasteiger partial charge < -0.3 is 41.3 Å². The Balaban J connectivity index is 1.36. The second-order valence-electron chi connectivity index (χ2n) is 16.0. The van der Waals surface area contributed by atoms with E-state index in [9.17, 15) is 28.8 Å². The summed E-state index contributed by atoms with van der Waals surface area (Å²) in [5, 5.41) is 8.80. The molecule has 58 heavy (non-hydrogen) atoms. The van der Waals surface area contributed by atoms with E-state index < -0.39 is 36.1 Å². The molecule has 2 saturated heterocycles. The number of nitrogens with zero attached hydrogens (tertiary/aromatic N) is 4. The van der Waals surface area contributed by atoms with Crippen LogP contribution in [-0.2, 0) is 41.9 Å². The zero-order valence-electron chi connectivity index (χ0n) is 35.2. The van der Waals surface area contributed by atoms with Crippen LogP contribution >= 0.6 is 0 Å². The summed E-state index contributed by atoms with van der Waals surface area (Å²) in [5.41, 5.74) is 7.78. The molecule has 6 amide bonds. The molecule has 0 aliphatic carbocycles. The predicted molar refractivity (Wildman–Crippen MR) is 224 cm³/mol. The largest absolute Gasteiger partial charge is 0.344 e. The van der Waals surface area contributed by atoms with Gasteiger partial charge >= 0.3 is 0 Å². The van der Waals surface area contributed by atoms with Crippen LogP contribution in [-0.4, -0.2) is 126 Å². The van der Waals surface area contributed by atoms with E-state index in [2.05, 4.69) is 16.0 Å². The molecule has 5 N–H and O–H groups in total. The molecule has 0 aromatic heterocycles. The van der Waals surface area contributed by atoms with E-state index >= 15 is 0 Å². The molecule has 2 aliphatic heterocycles. The van der Waals surface area contributed by atoms with Crippen molar-refractivity contribution in [2.75, 3.05) is 40.8 Å². The highest BCUT2D eigenvalue weighted by molar-refractivity contribution is 5.94. The molecular weight excluding hydrogens is 737 g/mol. The van der Waals surface area contributed by atoms with Gasteiger partial charge in [-0.15, -0.1) is 0 Å². The molecular formula is C44H66N8O6. The molecule has 14 nitrogen and oxygen atoms in total. The fourth-order valence-corrected chi connectivity index (χ4v) is 7.77. The van der Waals surface area contributed by atoms with Crippen molar-refractivity contribution in [1.29, 1.82) is 0 Å². The number of likely N-dealkylation sites (N-methyl/N-ethyl adjacent to an activating group) is 3. The fraction of sp³-hybridized carbons (Fsp3) is 0.591. The SMILES string of the molecule is CN[C@@H](C)C(=O)N[C@@H](CCCCCC[C@H](NC(=O)[C@H](C)CN)C(=O)N1CCC[C@H]1C(=O)N(C)Cc1ccccc1)C(=O)N1CCC[C@H]1C(=O)N(C)Cc1ccccc1. The second-order valence-corrected chi connectivity index (χ2v) is 16.0. The van der Waals surface area contributed by atoms with Crippen molar-refractivity contribution in [1.82, 2.24) is 35.6 Å². The third-order valence-electron chi connectivity index (χ3n) is 11.5. The van der Waals surface area contributed by atoms with Crippen LogP contribution in [0.15, 0.2) is 60.7 Å². The Morgan fingerprint density at radius 3 is 1.48 bits per heavy atom. The smallest absolute Gasteiger partial charge is 0.245 e. The number of benzene rings is 2. The van der Waals surface area contributed by atoms with E-state index in [1.54, 1.807) is 54.6 Å². The third kappa shape index (κ3) is 12.8. The summed E-state index contributed by atoms with van der Waals surface area (Å²) < 4.78 is 0. The number of amides is 6. The normalized spacial score (nSPS) is 18.5. The summed E-state index contributed by atoms with van der Waals surface area (Å²) >= 11 is 0. The van der Waals surface area contributed by atoms with Gasteiger partial charge in [0.1, 0.15) is 24.2 Å². The van der Waals surface area contributed by atoms with E-state index in [1.807, 2.05) is 60.7 Å². The Labute approximate surface area is 344 Å². The van der Waals surface area contributed by atoms with Crippen LogP contribution < -0.4 is 21.7 Å². The fourth-order valence-electron chi connectivity index (χ4n) is 7.77. The Hall–Kier alpha value is -4.82. The number of hydrogen-bond acceptors (Lipinski definition) is 8. The lowest BCUT2D eigenvalue weighted by atomic mass is 10.0. The summed E-state index contributed by atoms with van der Waals surface area (Å²) in [6.07, 6.45) is 5.96. The van der Waals surface area contributed by atoms with Crippen molar-refractivity contribution in [3.8, 4) is 0 Å². The number of carbonyl (C=O) groups excluding carboxylic acids is 6. The minimum absolute atomic E-state index is 0.121. The summed E-state index contributed by atoms with van der Waals surface area (Å²) in [6, 6.07) is 16.1. The van der Waals surface area contributed by atoms with Crippen LogP contribution in [0.5, 0.6) is 0 Å². The first-order valence-corrected chi connectivity index (χ1v) is 21.0. The number of carbonyl (C=O) groups is 6. The molecule has 0 bridgehead atoms. The quantitative estimate of drug-likeness (QED) is 0.139. The molecule has 2 heterocycles. The van der Waals surface area contributed by atoms with Crippen molar-refractivity contribution in [3.05, 3.63) is 71.8 Å². The molecule has 0 radical (unpaired) electrons. The Morgan fingerprint density at radius 2 is 1.09 bits per heavy atom. The van der Waals surface area contributed by atoms with Crippen LogP contribution in [0, 0.1) is 5.92 Å². The monoisotopic (exact) mass is 803 g/mol. The van der Waals surface area contributed by atoms with Gasteiger partial charge in [-0.05, 0) is 63.6 Å². The number of nitrogens with two attached hydrogens (primary N) is 1. The third-order valence-corrected chi connectivity index (χ3v) is 11.5. The first-order valence-electron chi connectivity index (χ1n) is 21.0. The van der Waals surface area contributed by atoms with E-state index in [0.717, 1.165) is 11.1 Å². The lowest BCUT2D eigenvalue weighted by Crippen LogP contribution is -2.55. The van der Waals surface area contributed by atoms with Crippen molar-refractivity contribution < 1.29 is 28.8 Å². The van der Waals surface area contributed by atoms with Crippen LogP contribution in [0.1, 0.15) is 89.2 Å². The van der Waals surface area contributed by atoms with Gasteiger partial charge in [0.25, 0.3) is 0 Å². The lowest BCUT2D eigenvalue weighted by Gasteiger charge is -2.32. The minimum atomic E-state index is -0.810. The second kappa shape index (κ2) is 22.9. The van der Waals surface area contributed by atoms with E-state index in [1.165, 1.54) is 0 Å². The van der Waals surface area contributed by atoms with E-state index in [4.69, 9.17) is 5.73 Å². The number of unbranched alkanes of at least 4 members (excludes halogenated alkanes) is 3. The molecule has 0 saturated carbocycles. The average Bonchev–Trinajstić information content (AvgIpc) is 3.94. The first kappa shape index (κ1) is 45.9. The Kier molecular flexibility index (Phi) is 18.1. The maximum Gasteiger partial charge on any atom is 0.245 e. The number of nitrogens with one attached hydrogen (secondary N) is 3. The van der Waals surface area contributed by atoms with Gasteiger partial charge in [0.2, 0.25) is 35.4 Å².